The molecule has 9 heteroatoms. The molecule has 0 bridgehead atoms. The minimum absolute atomic E-state index is 0.00550. The standard InChI is InChI=1S/C36H51NO8/c1-20-9-11-33(5)26(36(20,8)37-29(41)43-19-25-21(2)44-30(42)45-25)10-12-35(7)27(33)24(38)17-22-23-18-32(4,28(39)40)14-13-31(23,3)15-16-34(22,35)6/h17,20,23,26-27H,9-16,18-19H2,1-8H3,(H,37,41)(H,39,40)/t20-,23-,26+,27+,31+,32-,33-,34+,35+,36+/m0/s1. The van der Waals surface area contributed by atoms with Crippen LogP contribution in [0.2, 0.25) is 0 Å². The van der Waals surface area contributed by atoms with E-state index in [0.29, 0.717) is 12.8 Å². The number of aliphatic carboxylic acids is 1. The van der Waals surface area contributed by atoms with Crippen LogP contribution in [0.25, 0.3) is 0 Å². The molecule has 45 heavy (non-hydrogen) atoms. The smallest absolute Gasteiger partial charge is 0.481 e. The topological polar surface area (TPSA) is 136 Å². The number of hydrogen-bond donors (Lipinski definition) is 2. The van der Waals surface area contributed by atoms with Crippen molar-refractivity contribution in [2.24, 2.45) is 50.7 Å². The summed E-state index contributed by atoms with van der Waals surface area (Å²) in [4.78, 5) is 51.7. The SMILES string of the molecule is Cc1oc(=O)oc1COC(=O)N[C@@]1(C)[C@@H]2CC[C@]3(C)[C@H](C(=O)C=C4[C@@H]5C[C@@](C)(C(=O)O)CC[C@]5(C)CC[C@]43C)[C@@]2(C)CC[C@@H]1C. The summed E-state index contributed by atoms with van der Waals surface area (Å²) in [5, 5.41) is 13.4. The number of ketones is 1. The lowest BCUT2D eigenvalue weighted by molar-refractivity contribution is -0.185. The maximum atomic E-state index is 14.6. The van der Waals surface area contributed by atoms with Crippen molar-refractivity contribution in [1.29, 1.82) is 0 Å². The molecule has 10 atom stereocenters. The van der Waals surface area contributed by atoms with Crippen LogP contribution in [0, 0.1) is 57.7 Å². The van der Waals surface area contributed by atoms with Gasteiger partial charge in [0.05, 0.1) is 5.41 Å². The van der Waals surface area contributed by atoms with Gasteiger partial charge in [0, 0.05) is 11.5 Å². The quantitative estimate of drug-likeness (QED) is 0.359. The van der Waals surface area contributed by atoms with E-state index in [-0.39, 0.29) is 69.2 Å². The molecule has 1 aromatic heterocycles. The Balaban J connectivity index is 1.32. The molecule has 0 unspecified atom stereocenters. The minimum atomic E-state index is -0.828. The molecule has 9 nitrogen and oxygen atoms in total. The van der Waals surface area contributed by atoms with Crippen molar-refractivity contribution >= 4 is 17.8 Å². The van der Waals surface area contributed by atoms with Crippen LogP contribution in [0.5, 0.6) is 0 Å². The van der Waals surface area contributed by atoms with Crippen LogP contribution in [0.3, 0.4) is 0 Å². The summed E-state index contributed by atoms with van der Waals surface area (Å²) in [5.41, 5.74) is -1.03. The maximum Gasteiger partial charge on any atom is 0.519 e. The third kappa shape index (κ3) is 4.45. The van der Waals surface area contributed by atoms with Crippen molar-refractivity contribution in [2.45, 2.75) is 125 Å². The van der Waals surface area contributed by atoms with Crippen LogP contribution in [0.4, 0.5) is 4.79 Å². The van der Waals surface area contributed by atoms with Crippen molar-refractivity contribution in [3.63, 3.8) is 0 Å². The number of carboxylic acid groups (broad SMARTS) is 1. The van der Waals surface area contributed by atoms with Gasteiger partial charge in [0.15, 0.2) is 23.9 Å². The van der Waals surface area contributed by atoms with Crippen molar-refractivity contribution in [3.05, 3.63) is 33.8 Å². The van der Waals surface area contributed by atoms with Crippen molar-refractivity contribution in [1.82, 2.24) is 5.32 Å². The molecule has 2 N–H and O–H groups in total. The number of amides is 1. The van der Waals surface area contributed by atoms with Gasteiger partial charge in [0.2, 0.25) is 0 Å². The molecule has 4 fully saturated rings. The highest BCUT2D eigenvalue weighted by Gasteiger charge is 2.70. The van der Waals surface area contributed by atoms with Crippen molar-refractivity contribution in [3.8, 4) is 0 Å². The van der Waals surface area contributed by atoms with E-state index in [1.54, 1.807) is 6.92 Å². The molecule has 1 aromatic rings. The highest BCUT2D eigenvalue weighted by Crippen LogP contribution is 2.74. The van der Waals surface area contributed by atoms with E-state index in [1.807, 2.05) is 13.0 Å². The number of alkyl carbamates (subject to hydrolysis) is 1. The Morgan fingerprint density at radius 3 is 2.31 bits per heavy atom. The van der Waals surface area contributed by atoms with Crippen molar-refractivity contribution in [2.75, 3.05) is 0 Å². The number of carboxylic acids is 1. The van der Waals surface area contributed by atoms with Crippen LogP contribution in [-0.2, 0) is 20.9 Å². The summed E-state index contributed by atoms with van der Waals surface area (Å²) in [7, 11) is 0. The first kappa shape index (κ1) is 32.1. The fourth-order valence-corrected chi connectivity index (χ4v) is 11.3. The second kappa shape index (κ2) is 10.1. The molecule has 1 heterocycles. The third-order valence-corrected chi connectivity index (χ3v) is 14.8. The first-order chi connectivity index (χ1) is 20.8. The lowest BCUT2D eigenvalue weighted by atomic mass is 9.33. The van der Waals surface area contributed by atoms with Gasteiger partial charge >= 0.3 is 17.9 Å². The predicted molar refractivity (Wildman–Crippen MR) is 166 cm³/mol. The highest BCUT2D eigenvalue weighted by atomic mass is 16.6. The summed E-state index contributed by atoms with van der Waals surface area (Å²) < 4.78 is 15.4. The zero-order valence-corrected chi connectivity index (χ0v) is 28.3. The van der Waals surface area contributed by atoms with E-state index in [1.165, 1.54) is 5.57 Å². The number of hydrogen-bond acceptors (Lipinski definition) is 7. The summed E-state index contributed by atoms with van der Waals surface area (Å²) in [5.74, 6) is -0.836. The molecular formula is C36H51NO8. The number of nitrogens with one attached hydrogen (secondary N) is 1. The van der Waals surface area contributed by atoms with Gasteiger partial charge in [0.1, 0.15) is 0 Å². The second-order valence-electron chi connectivity index (χ2n) is 16.9. The number of rotatable bonds is 4. The van der Waals surface area contributed by atoms with Gasteiger partial charge in [-0.15, -0.1) is 0 Å². The van der Waals surface area contributed by atoms with Gasteiger partial charge in [0.25, 0.3) is 0 Å². The average Bonchev–Trinajstić information content (AvgIpc) is 3.28. The Morgan fingerprint density at radius 1 is 0.978 bits per heavy atom. The van der Waals surface area contributed by atoms with E-state index >= 15 is 0 Å². The Kier molecular flexibility index (Phi) is 7.19. The Morgan fingerprint density at radius 2 is 1.67 bits per heavy atom. The molecule has 248 valence electrons. The molecule has 6 rings (SSSR count). The van der Waals surface area contributed by atoms with Gasteiger partial charge in [-0.05, 0) is 124 Å². The molecule has 0 spiro atoms. The Bertz CT molecular complexity index is 1520. The van der Waals surface area contributed by atoms with Crippen LogP contribution < -0.4 is 11.1 Å². The van der Waals surface area contributed by atoms with Crippen LogP contribution in [0.15, 0.2) is 25.3 Å². The lowest BCUT2D eigenvalue weighted by Gasteiger charge is -2.70. The molecular weight excluding hydrogens is 574 g/mol. The van der Waals surface area contributed by atoms with Gasteiger partial charge in [-0.3, -0.25) is 9.59 Å². The number of allylic oxidation sites excluding steroid dienone is 2. The molecule has 0 saturated heterocycles. The summed E-state index contributed by atoms with van der Waals surface area (Å²) in [6.45, 7) is 16.8. The zero-order chi connectivity index (χ0) is 33.0. The normalized spacial score (nSPS) is 45.7. The monoisotopic (exact) mass is 625 g/mol. The van der Waals surface area contributed by atoms with Gasteiger partial charge < -0.3 is 24.0 Å². The van der Waals surface area contributed by atoms with Gasteiger partial charge in [-0.25, -0.2) is 9.59 Å². The van der Waals surface area contributed by atoms with E-state index < -0.39 is 28.8 Å². The molecule has 5 aliphatic carbocycles. The van der Waals surface area contributed by atoms with Crippen molar-refractivity contribution < 1.29 is 33.1 Å². The molecule has 0 aliphatic heterocycles. The maximum absolute atomic E-state index is 14.6. The number of fused-ring (bicyclic) bond motifs is 7. The summed E-state index contributed by atoms with van der Waals surface area (Å²) in [6, 6.07) is 0. The number of carbonyl (C=O) groups is 3. The lowest BCUT2D eigenvalue weighted by Crippen LogP contribution is -2.70. The minimum Gasteiger partial charge on any atom is -0.481 e. The second-order valence-corrected chi connectivity index (χ2v) is 16.9. The average molecular weight is 626 g/mol. The number of aryl methyl sites for hydroxylation is 1. The first-order valence-electron chi connectivity index (χ1n) is 16.9. The fraction of sp³-hybridized carbons (Fsp3) is 0.778. The summed E-state index contributed by atoms with van der Waals surface area (Å²) in [6.07, 6.45) is 9.03. The molecule has 0 aromatic carbocycles. The molecule has 1 amide bonds. The highest BCUT2D eigenvalue weighted by molar-refractivity contribution is 5.95. The first-order valence-corrected chi connectivity index (χ1v) is 16.9. The van der Waals surface area contributed by atoms with E-state index in [2.05, 4.69) is 46.9 Å². The van der Waals surface area contributed by atoms with Crippen LogP contribution >= 0.6 is 0 Å². The largest absolute Gasteiger partial charge is 0.519 e. The number of carbonyl (C=O) groups excluding carboxylic acids is 2. The molecule has 0 radical (unpaired) electrons. The Labute approximate surface area is 265 Å². The third-order valence-electron chi connectivity index (χ3n) is 14.8. The van der Waals surface area contributed by atoms with E-state index in [9.17, 15) is 24.3 Å². The van der Waals surface area contributed by atoms with Crippen LogP contribution in [-0.4, -0.2) is 28.5 Å². The predicted octanol–water partition coefficient (Wildman–Crippen LogP) is 7.20. The summed E-state index contributed by atoms with van der Waals surface area (Å²) >= 11 is 0. The molecule has 4 saturated carbocycles. The van der Waals surface area contributed by atoms with Gasteiger partial charge in [-0.1, -0.05) is 40.2 Å². The Hall–Kier alpha value is -2.84. The van der Waals surface area contributed by atoms with E-state index in [4.69, 9.17) is 13.6 Å². The van der Waals surface area contributed by atoms with E-state index in [0.717, 1.165) is 44.9 Å². The zero-order valence-electron chi connectivity index (χ0n) is 28.3. The fourth-order valence-electron chi connectivity index (χ4n) is 11.3. The van der Waals surface area contributed by atoms with Crippen LogP contribution in [0.1, 0.15) is 118 Å². The number of ether oxygens (including phenoxy) is 1. The molecule has 5 aliphatic rings. The van der Waals surface area contributed by atoms with Gasteiger partial charge in [-0.2, -0.15) is 0 Å².